The van der Waals surface area contributed by atoms with Gasteiger partial charge in [-0.2, -0.15) is 0 Å². The van der Waals surface area contributed by atoms with Crippen LogP contribution in [-0.4, -0.2) is 63.5 Å². The van der Waals surface area contributed by atoms with E-state index >= 15 is 0 Å². The summed E-state index contributed by atoms with van der Waals surface area (Å²) >= 11 is 0. The number of aliphatic hydroxyl groups excluding tert-OH is 1. The smallest absolute Gasteiger partial charge is 0.254 e. The number of nitrogens with zero attached hydrogens (tertiary/aromatic N) is 3. The van der Waals surface area contributed by atoms with E-state index in [2.05, 4.69) is 38.8 Å². The normalized spacial score (nSPS) is 39.3. The highest BCUT2D eigenvalue weighted by molar-refractivity contribution is 5.94. The lowest BCUT2D eigenvalue weighted by atomic mass is 9.47. The number of rotatable bonds is 5. The predicted octanol–water partition coefficient (Wildman–Crippen LogP) is 6.11. The van der Waals surface area contributed by atoms with Gasteiger partial charge in [0.25, 0.3) is 5.91 Å². The molecule has 41 heavy (non-hydrogen) atoms. The Balaban J connectivity index is 1.04. The number of hydrogen-bond acceptors (Lipinski definition) is 4. The molecule has 4 fully saturated rings. The van der Waals surface area contributed by atoms with Crippen molar-refractivity contribution in [2.45, 2.75) is 104 Å². The molecule has 4 aliphatic carbocycles. The van der Waals surface area contributed by atoms with Crippen molar-refractivity contribution in [1.29, 1.82) is 0 Å². The number of aliphatic hydroxyl groups is 1. The first-order valence-corrected chi connectivity index (χ1v) is 16.5. The summed E-state index contributed by atoms with van der Waals surface area (Å²) in [6.45, 7) is 11.4. The number of carbonyl (C=O) groups is 2. The van der Waals surface area contributed by atoms with Gasteiger partial charge < -0.3 is 14.9 Å². The number of piperazine rings is 1. The highest BCUT2D eigenvalue weighted by atomic mass is 16.3. The van der Waals surface area contributed by atoms with Crippen molar-refractivity contribution in [2.24, 2.45) is 40.4 Å². The number of carbonyl (C=O) groups excluding carboxylic acids is 2. The minimum Gasteiger partial charge on any atom is -0.393 e. The number of hydrogen-bond donors (Lipinski definition) is 1. The molecule has 1 saturated heterocycles. The van der Waals surface area contributed by atoms with Gasteiger partial charge in [-0.1, -0.05) is 32.4 Å². The van der Waals surface area contributed by atoms with Crippen LogP contribution in [0.3, 0.4) is 0 Å². The second-order valence-corrected chi connectivity index (χ2v) is 14.8. The molecule has 1 aromatic heterocycles. The van der Waals surface area contributed by atoms with Gasteiger partial charge >= 0.3 is 0 Å². The second-order valence-electron chi connectivity index (χ2n) is 14.8. The number of aromatic nitrogens is 1. The molecule has 3 saturated carbocycles. The Labute approximate surface area is 247 Å². The maximum Gasteiger partial charge on any atom is 0.254 e. The summed E-state index contributed by atoms with van der Waals surface area (Å²) in [5, 5.41) is 10.3. The zero-order chi connectivity index (χ0) is 28.9. The molecule has 1 aromatic rings. The maximum absolute atomic E-state index is 13.4. The molecular weight excluding hydrogens is 510 g/mol. The van der Waals surface area contributed by atoms with E-state index in [1.165, 1.54) is 32.1 Å². The van der Waals surface area contributed by atoms with Crippen LogP contribution in [-0.2, 0) is 4.79 Å². The van der Waals surface area contributed by atoms with E-state index < -0.39 is 0 Å². The highest BCUT2D eigenvalue weighted by Crippen LogP contribution is 2.67. The highest BCUT2D eigenvalue weighted by Gasteiger charge is 2.59. The molecule has 1 aliphatic heterocycles. The van der Waals surface area contributed by atoms with Crippen molar-refractivity contribution in [1.82, 2.24) is 14.8 Å². The number of allylic oxidation sites excluding steroid dienone is 1. The summed E-state index contributed by atoms with van der Waals surface area (Å²) < 4.78 is 0. The molecule has 1 N–H and O–H groups in total. The number of fused-ring (bicyclic) bond motifs is 5. The zero-order valence-electron chi connectivity index (χ0n) is 25.7. The molecular formula is C35H51N3O3. The standard InChI is InChI=1S/C35H51N3O3/c1-23(5-10-32(40)38-20-19-37(22-24(38)2)33(41)25-13-17-36-18-14-25)29-8-9-30-28-7-6-26-21-27(39)11-15-34(26,3)31(28)12-16-35(29,30)4/h6,13-14,17-18,23-24,27-31,39H,5,7-12,15-16,19-22H2,1-4H3/t23-,24+,27+,28+,29-,30+,31+,34+,35-/m1/s1. The van der Waals surface area contributed by atoms with Crippen LogP contribution in [0.15, 0.2) is 36.2 Å². The molecule has 6 nitrogen and oxygen atoms in total. The molecule has 0 radical (unpaired) electrons. The lowest BCUT2D eigenvalue weighted by Crippen LogP contribution is -2.55. The Morgan fingerprint density at radius 2 is 1.85 bits per heavy atom. The third-order valence-corrected chi connectivity index (χ3v) is 12.8. The average Bonchev–Trinajstić information content (AvgIpc) is 3.33. The Bertz CT molecular complexity index is 1170. The van der Waals surface area contributed by atoms with Gasteiger partial charge in [0.05, 0.1) is 6.10 Å². The van der Waals surface area contributed by atoms with Gasteiger partial charge in [-0.05, 0) is 117 Å². The minimum atomic E-state index is -0.138. The summed E-state index contributed by atoms with van der Waals surface area (Å²) in [7, 11) is 0. The summed E-state index contributed by atoms with van der Waals surface area (Å²) in [5.41, 5.74) is 2.89. The summed E-state index contributed by atoms with van der Waals surface area (Å²) in [5.74, 6) is 3.86. The van der Waals surface area contributed by atoms with Gasteiger partial charge in [-0.3, -0.25) is 14.6 Å². The van der Waals surface area contributed by atoms with Crippen LogP contribution in [0, 0.1) is 40.4 Å². The number of pyridine rings is 1. The van der Waals surface area contributed by atoms with E-state index in [1.807, 2.05) is 9.80 Å². The quantitative estimate of drug-likeness (QED) is 0.440. The van der Waals surface area contributed by atoms with Crippen molar-refractivity contribution in [3.8, 4) is 0 Å². The van der Waals surface area contributed by atoms with Gasteiger partial charge in [0.15, 0.2) is 0 Å². The molecule has 2 heterocycles. The Hall–Kier alpha value is -2.21. The maximum atomic E-state index is 13.4. The zero-order valence-corrected chi connectivity index (χ0v) is 25.7. The SMILES string of the molecule is C[C@H](CCC(=O)N1CCN(C(=O)c2ccncc2)C[C@@H]1C)[C@H]1CC[C@H]2[C@@H]3CC=C4C[C@@H](O)CC[C@]4(C)[C@H]3CC[C@]12C. The molecule has 224 valence electrons. The van der Waals surface area contributed by atoms with Crippen LogP contribution in [0.2, 0.25) is 0 Å². The molecule has 0 bridgehead atoms. The van der Waals surface area contributed by atoms with E-state index in [-0.39, 0.29) is 24.0 Å². The van der Waals surface area contributed by atoms with Crippen LogP contribution < -0.4 is 0 Å². The lowest BCUT2D eigenvalue weighted by molar-refractivity contribution is -0.135. The van der Waals surface area contributed by atoms with Crippen molar-refractivity contribution in [3.63, 3.8) is 0 Å². The monoisotopic (exact) mass is 561 g/mol. The molecule has 0 spiro atoms. The van der Waals surface area contributed by atoms with Crippen LogP contribution in [0.25, 0.3) is 0 Å². The van der Waals surface area contributed by atoms with Gasteiger partial charge in [0.1, 0.15) is 0 Å². The summed E-state index contributed by atoms with van der Waals surface area (Å²) in [4.78, 5) is 34.2. The van der Waals surface area contributed by atoms with Gasteiger partial charge in [0.2, 0.25) is 5.91 Å². The lowest BCUT2D eigenvalue weighted by Gasteiger charge is -2.58. The number of amides is 2. The predicted molar refractivity (Wildman–Crippen MR) is 161 cm³/mol. The van der Waals surface area contributed by atoms with Crippen LogP contribution in [0.5, 0.6) is 0 Å². The third-order valence-electron chi connectivity index (χ3n) is 12.8. The van der Waals surface area contributed by atoms with E-state index in [4.69, 9.17) is 0 Å². The molecule has 0 unspecified atom stereocenters. The fourth-order valence-electron chi connectivity index (χ4n) is 10.5. The fraction of sp³-hybridized carbons (Fsp3) is 0.743. The molecule has 6 heteroatoms. The van der Waals surface area contributed by atoms with E-state index in [9.17, 15) is 14.7 Å². The first kappa shape index (κ1) is 28.9. The topological polar surface area (TPSA) is 73.7 Å². The van der Waals surface area contributed by atoms with Crippen LogP contribution >= 0.6 is 0 Å². The first-order chi connectivity index (χ1) is 19.6. The average molecular weight is 562 g/mol. The van der Waals surface area contributed by atoms with Crippen molar-refractivity contribution in [2.75, 3.05) is 19.6 Å². The van der Waals surface area contributed by atoms with Crippen molar-refractivity contribution < 1.29 is 14.7 Å². The Kier molecular flexibility index (Phi) is 7.84. The van der Waals surface area contributed by atoms with E-state index in [0.717, 1.165) is 43.4 Å². The van der Waals surface area contributed by atoms with Gasteiger partial charge in [-0.15, -0.1) is 0 Å². The molecule has 9 atom stereocenters. The summed E-state index contributed by atoms with van der Waals surface area (Å²) in [6.07, 6.45) is 16.8. The minimum absolute atomic E-state index is 0.0264. The molecule has 2 amide bonds. The fourth-order valence-corrected chi connectivity index (χ4v) is 10.5. The van der Waals surface area contributed by atoms with Gasteiger partial charge in [-0.25, -0.2) is 0 Å². The van der Waals surface area contributed by atoms with E-state index in [0.29, 0.717) is 54.3 Å². The van der Waals surface area contributed by atoms with Crippen molar-refractivity contribution >= 4 is 11.8 Å². The molecule has 6 rings (SSSR count). The summed E-state index contributed by atoms with van der Waals surface area (Å²) in [6, 6.07) is 3.56. The Morgan fingerprint density at radius 1 is 1.07 bits per heavy atom. The Morgan fingerprint density at radius 3 is 2.61 bits per heavy atom. The van der Waals surface area contributed by atoms with Gasteiger partial charge in [0, 0.05) is 50.1 Å². The molecule has 0 aromatic carbocycles. The largest absolute Gasteiger partial charge is 0.393 e. The second kappa shape index (κ2) is 11.1. The van der Waals surface area contributed by atoms with Crippen LogP contribution in [0.4, 0.5) is 0 Å². The molecule has 5 aliphatic rings. The third kappa shape index (κ3) is 5.06. The first-order valence-electron chi connectivity index (χ1n) is 16.5. The van der Waals surface area contributed by atoms with Crippen molar-refractivity contribution in [3.05, 3.63) is 41.7 Å². The van der Waals surface area contributed by atoms with Crippen LogP contribution in [0.1, 0.15) is 102 Å². The van der Waals surface area contributed by atoms with E-state index in [1.54, 1.807) is 30.1 Å².